The van der Waals surface area contributed by atoms with E-state index in [0.717, 1.165) is 6.42 Å². The normalized spacial score (nSPS) is 9.83. The summed E-state index contributed by atoms with van der Waals surface area (Å²) in [5, 5.41) is 2.67. The Kier molecular flexibility index (Phi) is 8.19. The van der Waals surface area contributed by atoms with Crippen LogP contribution in [0.5, 0.6) is 0 Å². The fourth-order valence-electron chi connectivity index (χ4n) is 1.12. The molecule has 71 valence electrons. The van der Waals surface area contributed by atoms with Crippen LogP contribution in [0, 0.1) is 6.54 Å². The lowest BCUT2D eigenvalue weighted by Gasteiger charge is -2.00. The molecule has 0 rings (SSSR count). The number of unbranched alkanes of at least 4 members (excludes halogenated alkanes) is 4. The largest absolute Gasteiger partial charge is 0.352 e. The van der Waals surface area contributed by atoms with E-state index >= 15 is 0 Å². The van der Waals surface area contributed by atoms with Gasteiger partial charge >= 0.3 is 0 Å². The Labute approximate surface area is 75.7 Å². The van der Waals surface area contributed by atoms with Crippen molar-refractivity contribution in [3.8, 4) is 0 Å². The van der Waals surface area contributed by atoms with E-state index in [4.69, 9.17) is 0 Å². The topological polar surface area (TPSA) is 29.1 Å². The third-order valence-corrected chi connectivity index (χ3v) is 1.81. The molecule has 0 unspecified atom stereocenters. The summed E-state index contributed by atoms with van der Waals surface area (Å²) in [6.07, 6.45) is 6.70. The summed E-state index contributed by atoms with van der Waals surface area (Å²) < 4.78 is 0. The van der Waals surface area contributed by atoms with E-state index in [1.165, 1.54) is 25.7 Å². The van der Waals surface area contributed by atoms with Gasteiger partial charge in [0.2, 0.25) is 5.91 Å². The molecule has 1 amide bonds. The number of hydrogen-bond donors (Lipinski definition) is 1. The van der Waals surface area contributed by atoms with Crippen LogP contribution in [0.4, 0.5) is 0 Å². The summed E-state index contributed by atoms with van der Waals surface area (Å²) in [5.41, 5.74) is 0. The Balaban J connectivity index is 3.03. The minimum absolute atomic E-state index is 0.147. The van der Waals surface area contributed by atoms with Crippen LogP contribution in [0.25, 0.3) is 0 Å². The van der Waals surface area contributed by atoms with Gasteiger partial charge in [-0.25, -0.2) is 0 Å². The molecular weight excluding hydrogens is 150 g/mol. The highest BCUT2D eigenvalue weighted by Gasteiger charge is 1.97. The maximum atomic E-state index is 10.9. The molecule has 12 heavy (non-hydrogen) atoms. The predicted molar refractivity (Wildman–Crippen MR) is 51.5 cm³/mol. The van der Waals surface area contributed by atoms with Gasteiger partial charge in [0.15, 0.2) is 0 Å². The third-order valence-electron chi connectivity index (χ3n) is 1.81. The molecule has 0 aromatic carbocycles. The average molecular weight is 170 g/mol. The second kappa shape index (κ2) is 8.57. The minimum Gasteiger partial charge on any atom is -0.352 e. The zero-order chi connectivity index (χ0) is 9.23. The molecule has 0 bridgehead atoms. The van der Waals surface area contributed by atoms with Crippen LogP contribution in [0.3, 0.4) is 0 Å². The summed E-state index contributed by atoms with van der Waals surface area (Å²) in [5.74, 6) is 0.147. The van der Waals surface area contributed by atoms with Crippen molar-refractivity contribution >= 4 is 5.91 Å². The Morgan fingerprint density at radius 2 is 1.92 bits per heavy atom. The fraction of sp³-hybridized carbons (Fsp3) is 0.800. The minimum atomic E-state index is 0.147. The van der Waals surface area contributed by atoms with Crippen molar-refractivity contribution in [2.45, 2.75) is 52.4 Å². The molecule has 0 heterocycles. The molecular formula is C10H20NO. The maximum absolute atomic E-state index is 10.9. The molecule has 0 saturated carbocycles. The lowest BCUT2D eigenvalue weighted by Crippen LogP contribution is -2.18. The van der Waals surface area contributed by atoms with E-state index in [9.17, 15) is 4.79 Å². The molecule has 2 nitrogen and oxygen atoms in total. The number of hydrogen-bond acceptors (Lipinski definition) is 1. The molecule has 0 aliphatic heterocycles. The molecule has 0 spiro atoms. The van der Waals surface area contributed by atoms with Gasteiger partial charge < -0.3 is 5.32 Å². The van der Waals surface area contributed by atoms with Gasteiger partial charge in [0.1, 0.15) is 0 Å². The summed E-state index contributed by atoms with van der Waals surface area (Å²) in [6, 6.07) is 0. The number of rotatable bonds is 7. The quantitative estimate of drug-likeness (QED) is 0.585. The van der Waals surface area contributed by atoms with E-state index < -0.39 is 0 Å². The number of carbonyl (C=O) groups is 1. The Bertz CT molecular complexity index is 112. The zero-order valence-electron chi connectivity index (χ0n) is 8.23. The second-order valence-corrected chi connectivity index (χ2v) is 3.02. The van der Waals surface area contributed by atoms with Crippen LogP contribution < -0.4 is 5.32 Å². The Morgan fingerprint density at radius 1 is 1.25 bits per heavy atom. The van der Waals surface area contributed by atoms with Crippen molar-refractivity contribution in [1.82, 2.24) is 5.32 Å². The molecule has 0 saturated heterocycles. The van der Waals surface area contributed by atoms with Gasteiger partial charge in [0, 0.05) is 13.0 Å². The molecule has 0 aliphatic carbocycles. The molecule has 0 aliphatic rings. The van der Waals surface area contributed by atoms with Crippen molar-refractivity contribution in [2.75, 3.05) is 0 Å². The van der Waals surface area contributed by atoms with Crippen LogP contribution in [-0.2, 0) is 4.79 Å². The van der Waals surface area contributed by atoms with E-state index in [0.29, 0.717) is 6.42 Å². The first kappa shape index (κ1) is 11.5. The van der Waals surface area contributed by atoms with Crippen molar-refractivity contribution in [3.63, 3.8) is 0 Å². The van der Waals surface area contributed by atoms with E-state index in [1.54, 1.807) is 6.54 Å². The lowest BCUT2D eigenvalue weighted by atomic mass is 10.1. The summed E-state index contributed by atoms with van der Waals surface area (Å²) in [4.78, 5) is 10.9. The molecule has 0 fully saturated rings. The van der Waals surface area contributed by atoms with Crippen LogP contribution in [0.2, 0.25) is 0 Å². The first-order valence-electron chi connectivity index (χ1n) is 4.88. The van der Waals surface area contributed by atoms with Gasteiger partial charge in [0.05, 0.1) is 0 Å². The SMILES string of the molecule is C[CH]NC(=O)CCCCCCC. The fourth-order valence-corrected chi connectivity index (χ4v) is 1.12. The smallest absolute Gasteiger partial charge is 0.220 e. The first-order chi connectivity index (χ1) is 5.81. The summed E-state index contributed by atoms with van der Waals surface area (Å²) >= 11 is 0. The molecule has 1 radical (unpaired) electrons. The number of nitrogens with one attached hydrogen (secondary N) is 1. The summed E-state index contributed by atoms with van der Waals surface area (Å²) in [7, 11) is 0. The Hall–Kier alpha value is -0.530. The highest BCUT2D eigenvalue weighted by molar-refractivity contribution is 5.76. The standard InChI is InChI=1S/C10H20NO/c1-3-5-6-7-8-9-10(12)11-4-2/h4H,3,5-9H2,1-2H3,(H,11,12). The van der Waals surface area contributed by atoms with Crippen molar-refractivity contribution in [3.05, 3.63) is 6.54 Å². The molecule has 0 aromatic heterocycles. The van der Waals surface area contributed by atoms with Gasteiger partial charge in [-0.2, -0.15) is 0 Å². The van der Waals surface area contributed by atoms with Gasteiger partial charge in [-0.15, -0.1) is 0 Å². The van der Waals surface area contributed by atoms with Crippen LogP contribution >= 0.6 is 0 Å². The third kappa shape index (κ3) is 7.58. The second-order valence-electron chi connectivity index (χ2n) is 3.02. The van der Waals surface area contributed by atoms with Gasteiger partial charge in [-0.3, -0.25) is 4.79 Å². The van der Waals surface area contributed by atoms with E-state index in [-0.39, 0.29) is 5.91 Å². The van der Waals surface area contributed by atoms with Gasteiger partial charge in [-0.1, -0.05) is 32.6 Å². The van der Waals surface area contributed by atoms with Crippen molar-refractivity contribution in [1.29, 1.82) is 0 Å². The predicted octanol–water partition coefficient (Wildman–Crippen LogP) is 2.64. The monoisotopic (exact) mass is 170 g/mol. The highest BCUT2D eigenvalue weighted by Crippen LogP contribution is 2.04. The van der Waals surface area contributed by atoms with Gasteiger partial charge in [-0.05, 0) is 13.3 Å². The first-order valence-corrected chi connectivity index (χ1v) is 4.88. The van der Waals surface area contributed by atoms with Crippen LogP contribution in [0.15, 0.2) is 0 Å². The maximum Gasteiger partial charge on any atom is 0.220 e. The van der Waals surface area contributed by atoms with Crippen LogP contribution in [-0.4, -0.2) is 5.91 Å². The van der Waals surface area contributed by atoms with E-state index in [1.807, 2.05) is 6.92 Å². The number of amides is 1. The van der Waals surface area contributed by atoms with Gasteiger partial charge in [0.25, 0.3) is 0 Å². The van der Waals surface area contributed by atoms with Crippen LogP contribution in [0.1, 0.15) is 52.4 Å². The molecule has 1 N–H and O–H groups in total. The molecule has 0 atom stereocenters. The van der Waals surface area contributed by atoms with E-state index in [2.05, 4.69) is 12.2 Å². The zero-order valence-corrected chi connectivity index (χ0v) is 8.23. The molecule has 0 aromatic rings. The molecule has 2 heteroatoms. The van der Waals surface area contributed by atoms with Crippen molar-refractivity contribution in [2.24, 2.45) is 0 Å². The highest BCUT2D eigenvalue weighted by atomic mass is 16.1. The average Bonchev–Trinajstić information content (AvgIpc) is 2.05. The lowest BCUT2D eigenvalue weighted by molar-refractivity contribution is -0.120. The summed E-state index contributed by atoms with van der Waals surface area (Å²) in [6.45, 7) is 5.71. The van der Waals surface area contributed by atoms with Crippen molar-refractivity contribution < 1.29 is 4.79 Å². The number of carbonyl (C=O) groups excluding carboxylic acids is 1. The Morgan fingerprint density at radius 3 is 2.50 bits per heavy atom.